The van der Waals surface area contributed by atoms with Crippen LogP contribution in [-0.2, 0) is 25.7 Å². The van der Waals surface area contributed by atoms with E-state index in [9.17, 15) is 14.4 Å². The number of esters is 1. The van der Waals surface area contributed by atoms with E-state index >= 15 is 0 Å². The summed E-state index contributed by atoms with van der Waals surface area (Å²) in [5.41, 5.74) is 6.03. The molecular weight excluding hydrogens is 478 g/mol. The maximum Gasteiger partial charge on any atom is 0.320 e. The van der Waals surface area contributed by atoms with E-state index in [1.165, 1.54) is 0 Å². The van der Waals surface area contributed by atoms with E-state index in [1.807, 2.05) is 42.5 Å². The van der Waals surface area contributed by atoms with Crippen molar-refractivity contribution in [1.82, 2.24) is 20.5 Å². The van der Waals surface area contributed by atoms with Crippen LogP contribution < -0.4 is 16.4 Å². The zero-order valence-electron chi connectivity index (χ0n) is 20.6. The summed E-state index contributed by atoms with van der Waals surface area (Å²) in [4.78, 5) is 45.3. The minimum absolute atomic E-state index is 0.128. The third-order valence-electron chi connectivity index (χ3n) is 5.82. The fourth-order valence-corrected chi connectivity index (χ4v) is 5.07. The molecular formula is C26H31N5O4S. The summed E-state index contributed by atoms with van der Waals surface area (Å²) in [5.74, 6) is -0.454. The van der Waals surface area contributed by atoms with Crippen molar-refractivity contribution in [1.29, 1.82) is 0 Å². The Morgan fingerprint density at radius 1 is 1.22 bits per heavy atom. The van der Waals surface area contributed by atoms with Crippen LogP contribution in [0.3, 0.4) is 0 Å². The molecule has 4 N–H and O–H groups in total. The molecule has 0 spiro atoms. The molecule has 1 aliphatic rings. The summed E-state index contributed by atoms with van der Waals surface area (Å²) in [5, 5.41) is 6.84. The van der Waals surface area contributed by atoms with E-state index in [0.29, 0.717) is 30.9 Å². The maximum absolute atomic E-state index is 13.5. The van der Waals surface area contributed by atoms with Gasteiger partial charge in [0.05, 0.1) is 13.1 Å². The quantitative estimate of drug-likeness (QED) is 0.399. The molecule has 2 atom stereocenters. The number of aromatic nitrogens is 1. The Bertz CT molecular complexity index is 1250. The lowest BCUT2D eigenvalue weighted by molar-refractivity contribution is -0.154. The van der Waals surface area contributed by atoms with Crippen LogP contribution in [0, 0.1) is 0 Å². The van der Waals surface area contributed by atoms with Gasteiger partial charge in [0.1, 0.15) is 23.5 Å². The summed E-state index contributed by atoms with van der Waals surface area (Å²) >= 11 is 1.54. The fraction of sp³-hybridized carbons (Fsp3) is 0.385. The first-order valence-electron chi connectivity index (χ1n) is 11.8. The van der Waals surface area contributed by atoms with Crippen molar-refractivity contribution in [3.8, 4) is 0 Å². The van der Waals surface area contributed by atoms with Gasteiger partial charge in [-0.25, -0.2) is 4.98 Å². The number of hydrogen-bond acceptors (Lipinski definition) is 8. The molecule has 10 heteroatoms. The molecule has 1 aliphatic heterocycles. The molecule has 36 heavy (non-hydrogen) atoms. The van der Waals surface area contributed by atoms with Gasteiger partial charge in [0.2, 0.25) is 11.8 Å². The molecule has 2 aromatic heterocycles. The van der Waals surface area contributed by atoms with Crippen LogP contribution in [0.25, 0.3) is 10.1 Å². The number of hydrogen-bond donors (Lipinski definition) is 3. The molecule has 3 heterocycles. The third kappa shape index (κ3) is 6.00. The van der Waals surface area contributed by atoms with Crippen molar-refractivity contribution in [3.63, 3.8) is 0 Å². The average Bonchev–Trinajstić information content (AvgIpc) is 3.21. The van der Waals surface area contributed by atoms with Crippen LogP contribution >= 0.6 is 11.3 Å². The Morgan fingerprint density at radius 3 is 2.61 bits per heavy atom. The average molecular weight is 510 g/mol. The van der Waals surface area contributed by atoms with Gasteiger partial charge in [0.25, 0.3) is 0 Å². The van der Waals surface area contributed by atoms with Crippen LogP contribution in [0.1, 0.15) is 43.7 Å². The van der Waals surface area contributed by atoms with E-state index in [-0.39, 0.29) is 18.4 Å². The zero-order chi connectivity index (χ0) is 25.9. The Kier molecular flexibility index (Phi) is 7.56. The molecule has 1 fully saturated rings. The topological polar surface area (TPSA) is 127 Å². The molecule has 4 rings (SSSR count). The number of carbonyl (C=O) groups excluding carboxylic acids is 3. The van der Waals surface area contributed by atoms with E-state index in [4.69, 9.17) is 10.5 Å². The number of amides is 2. The predicted octanol–water partition coefficient (Wildman–Crippen LogP) is 2.77. The molecule has 1 aromatic carbocycles. The van der Waals surface area contributed by atoms with Gasteiger partial charge in [0, 0.05) is 27.7 Å². The lowest BCUT2D eigenvalue weighted by Gasteiger charge is -2.41. The summed E-state index contributed by atoms with van der Waals surface area (Å²) in [6.45, 7) is 6.06. The van der Waals surface area contributed by atoms with Gasteiger partial charge in [0.15, 0.2) is 0 Å². The number of nitrogen functional groups attached to an aromatic ring is 1. The van der Waals surface area contributed by atoms with E-state index in [0.717, 1.165) is 15.0 Å². The molecule has 9 nitrogen and oxygen atoms in total. The molecule has 0 radical (unpaired) electrons. The van der Waals surface area contributed by atoms with Gasteiger partial charge in [-0.1, -0.05) is 30.3 Å². The van der Waals surface area contributed by atoms with Crippen LogP contribution in [0.5, 0.6) is 0 Å². The minimum atomic E-state index is -0.771. The number of carbonyl (C=O) groups is 3. The lowest BCUT2D eigenvalue weighted by atomic mass is 9.97. The summed E-state index contributed by atoms with van der Waals surface area (Å²) < 4.78 is 6.37. The minimum Gasteiger partial charge on any atom is -0.459 e. The summed E-state index contributed by atoms with van der Waals surface area (Å²) in [6.07, 6.45) is 2.24. The number of nitrogens with zero attached hydrogens (tertiary/aromatic N) is 2. The highest BCUT2D eigenvalue weighted by atomic mass is 32.1. The molecule has 3 aromatic rings. The monoisotopic (exact) mass is 509 g/mol. The number of pyridine rings is 1. The van der Waals surface area contributed by atoms with Crippen molar-refractivity contribution in [2.75, 3.05) is 18.8 Å². The summed E-state index contributed by atoms with van der Waals surface area (Å²) in [6, 6.07) is 11.6. The number of anilines is 1. The predicted molar refractivity (Wildman–Crippen MR) is 139 cm³/mol. The number of thiophene rings is 1. The van der Waals surface area contributed by atoms with Gasteiger partial charge in [-0.05, 0) is 44.9 Å². The van der Waals surface area contributed by atoms with Crippen molar-refractivity contribution in [2.24, 2.45) is 0 Å². The fourth-order valence-electron chi connectivity index (χ4n) is 4.06. The number of rotatable bonds is 8. The number of fused-ring (bicyclic) bond motifs is 1. The zero-order valence-corrected chi connectivity index (χ0v) is 21.4. The van der Waals surface area contributed by atoms with Crippen LogP contribution in [-0.4, -0.2) is 52.4 Å². The van der Waals surface area contributed by atoms with Gasteiger partial charge >= 0.3 is 5.97 Å². The van der Waals surface area contributed by atoms with Crippen LogP contribution in [0.4, 0.5) is 5.82 Å². The van der Waals surface area contributed by atoms with E-state index in [1.54, 1.807) is 43.2 Å². The highest BCUT2D eigenvalue weighted by molar-refractivity contribution is 7.19. The molecule has 2 amide bonds. The van der Waals surface area contributed by atoms with Gasteiger partial charge in [-0.2, -0.15) is 0 Å². The Balaban J connectivity index is 1.40. The highest BCUT2D eigenvalue weighted by Gasteiger charge is 2.40. The SMILES string of the molecule is CC(C)(C)OC(=O)CN[C@@H](C(=O)N1CCC1C(=O)NCc1cc2c(N)nccc2s1)c1ccccc1. The standard InChI is InChI=1S/C26H31N5O4S/c1-26(2,3)35-21(32)15-29-22(16-7-5-4-6-8-16)25(34)31-12-10-19(31)24(33)30-14-17-13-18-20(36-17)9-11-28-23(18)27/h4-9,11,13,19,22,29H,10,12,14-15H2,1-3H3,(H2,27,28)(H,30,33)/t19?,22-/m1/s1. The number of benzene rings is 1. The lowest BCUT2D eigenvalue weighted by Crippen LogP contribution is -2.60. The second-order valence-corrected chi connectivity index (χ2v) is 10.9. The van der Waals surface area contributed by atoms with Gasteiger partial charge in [-0.15, -0.1) is 11.3 Å². The van der Waals surface area contributed by atoms with E-state index in [2.05, 4.69) is 15.6 Å². The van der Waals surface area contributed by atoms with Crippen LogP contribution in [0.2, 0.25) is 0 Å². The first-order chi connectivity index (χ1) is 17.1. The highest BCUT2D eigenvalue weighted by Crippen LogP contribution is 2.29. The smallest absolute Gasteiger partial charge is 0.320 e. The molecule has 0 aliphatic carbocycles. The van der Waals surface area contributed by atoms with Crippen molar-refractivity contribution in [2.45, 2.75) is 51.4 Å². The molecule has 1 unspecified atom stereocenters. The Morgan fingerprint density at radius 2 is 1.97 bits per heavy atom. The van der Waals surface area contributed by atoms with Crippen molar-refractivity contribution in [3.05, 3.63) is 59.1 Å². The second-order valence-electron chi connectivity index (χ2n) is 9.69. The molecule has 0 bridgehead atoms. The molecule has 190 valence electrons. The number of nitrogens with two attached hydrogens (primary N) is 1. The second kappa shape index (κ2) is 10.6. The number of likely N-dealkylation sites (tertiary alicyclic amines) is 1. The number of ether oxygens (including phenoxy) is 1. The van der Waals surface area contributed by atoms with Crippen LogP contribution in [0.15, 0.2) is 48.7 Å². The van der Waals surface area contributed by atoms with Gasteiger partial charge < -0.3 is 20.7 Å². The van der Waals surface area contributed by atoms with Crippen molar-refractivity contribution >= 4 is 45.0 Å². The first kappa shape index (κ1) is 25.6. The normalized spacial score (nSPS) is 16.3. The number of nitrogens with one attached hydrogen (secondary N) is 2. The largest absolute Gasteiger partial charge is 0.459 e. The Labute approximate surface area is 214 Å². The van der Waals surface area contributed by atoms with Gasteiger partial charge in [-0.3, -0.25) is 19.7 Å². The third-order valence-corrected chi connectivity index (χ3v) is 6.92. The Hall–Kier alpha value is -3.50. The molecule has 0 saturated carbocycles. The summed E-state index contributed by atoms with van der Waals surface area (Å²) in [7, 11) is 0. The van der Waals surface area contributed by atoms with E-state index < -0.39 is 23.7 Å². The van der Waals surface area contributed by atoms with Crippen molar-refractivity contribution < 1.29 is 19.1 Å². The first-order valence-corrected chi connectivity index (χ1v) is 12.7. The maximum atomic E-state index is 13.5. The molecule has 1 saturated heterocycles.